The Hall–Kier alpha value is -1.94. The first-order valence-corrected chi connectivity index (χ1v) is 40.7. The van der Waals surface area contributed by atoms with Crippen LogP contribution in [0.1, 0.15) is 364 Å². The maximum atomic E-state index is 13.0. The Balaban J connectivity index is 5.22. The molecule has 0 bridgehead atoms. The third-order valence-corrected chi connectivity index (χ3v) is 19.1. The van der Waals surface area contributed by atoms with Gasteiger partial charge >= 0.3 is 39.5 Å². The number of ether oxygens (including phenoxy) is 4. The van der Waals surface area contributed by atoms with Crippen LogP contribution < -0.4 is 0 Å². The van der Waals surface area contributed by atoms with Gasteiger partial charge in [-0.2, -0.15) is 0 Å². The highest BCUT2D eigenvalue weighted by atomic mass is 31.2. The molecule has 0 aliphatic carbocycles. The average Bonchev–Trinajstić information content (AvgIpc) is 3.17. The van der Waals surface area contributed by atoms with Gasteiger partial charge in [-0.25, -0.2) is 9.13 Å². The van der Waals surface area contributed by atoms with E-state index in [9.17, 15) is 43.2 Å². The molecule has 0 radical (unpaired) electrons. The van der Waals surface area contributed by atoms with E-state index in [1.54, 1.807) is 0 Å². The molecule has 0 aromatic heterocycles. The number of rotatable bonds is 70. The van der Waals surface area contributed by atoms with E-state index in [1.165, 1.54) is 161 Å². The Morgan fingerprint density at radius 2 is 0.522 bits per heavy atom. The van der Waals surface area contributed by atoms with Gasteiger partial charge in [-0.05, 0) is 49.4 Å². The summed E-state index contributed by atoms with van der Waals surface area (Å²) < 4.78 is 68.4. The first kappa shape index (κ1) is 90.1. The van der Waals surface area contributed by atoms with E-state index in [0.29, 0.717) is 31.6 Å². The topological polar surface area (TPSA) is 237 Å². The van der Waals surface area contributed by atoms with Crippen molar-refractivity contribution in [2.75, 3.05) is 39.6 Å². The van der Waals surface area contributed by atoms with Crippen LogP contribution in [-0.2, 0) is 65.4 Å². The van der Waals surface area contributed by atoms with Crippen LogP contribution in [0.2, 0.25) is 0 Å². The van der Waals surface area contributed by atoms with Crippen LogP contribution >= 0.6 is 15.6 Å². The monoisotopic (exact) mass is 1350 g/mol. The summed E-state index contributed by atoms with van der Waals surface area (Å²) in [6.45, 7) is 14.1. The molecule has 3 N–H and O–H groups in total. The molecule has 0 spiro atoms. The van der Waals surface area contributed by atoms with Gasteiger partial charge in [0, 0.05) is 25.7 Å². The first-order chi connectivity index (χ1) is 44.1. The third kappa shape index (κ3) is 65.4. The van der Waals surface area contributed by atoms with E-state index in [-0.39, 0.29) is 25.7 Å². The lowest BCUT2D eigenvalue weighted by molar-refractivity contribution is -0.161. The Morgan fingerprint density at radius 1 is 0.304 bits per heavy atom. The predicted octanol–water partition coefficient (Wildman–Crippen LogP) is 20.9. The SMILES string of the molecule is CCC(C)CCCCCCCCCCCCCCCCC(=O)O[C@H](COC(=O)CCCCCCCCC(C)C)COP(=O)(O)OC[C@H](O)COP(=O)(O)OC[C@@H](COC(=O)CCCCCCCCCCC(C)C)OC(=O)CCCCCCCCCCCCCC(C)C. The molecule has 0 rings (SSSR count). The van der Waals surface area contributed by atoms with Crippen molar-refractivity contribution in [3.8, 4) is 0 Å². The fourth-order valence-corrected chi connectivity index (χ4v) is 12.6. The van der Waals surface area contributed by atoms with E-state index in [0.717, 1.165) is 114 Å². The van der Waals surface area contributed by atoms with Gasteiger partial charge in [0.2, 0.25) is 0 Å². The maximum Gasteiger partial charge on any atom is 0.472 e. The van der Waals surface area contributed by atoms with Gasteiger partial charge in [0.25, 0.3) is 0 Å². The number of hydrogen-bond acceptors (Lipinski definition) is 15. The van der Waals surface area contributed by atoms with Crippen molar-refractivity contribution >= 4 is 39.5 Å². The van der Waals surface area contributed by atoms with Gasteiger partial charge < -0.3 is 33.8 Å². The van der Waals surface area contributed by atoms with E-state index >= 15 is 0 Å². The number of phosphoric ester groups is 2. The molecule has 0 heterocycles. The minimum absolute atomic E-state index is 0.105. The molecule has 0 aliphatic heterocycles. The lowest BCUT2D eigenvalue weighted by Crippen LogP contribution is -2.30. The van der Waals surface area contributed by atoms with Crippen LogP contribution in [0.15, 0.2) is 0 Å². The number of hydrogen-bond donors (Lipinski definition) is 3. The fraction of sp³-hybridized carbons (Fsp3) is 0.945. The highest BCUT2D eigenvalue weighted by Gasteiger charge is 2.30. The second-order valence-corrected chi connectivity index (χ2v) is 30.9. The van der Waals surface area contributed by atoms with Crippen LogP contribution in [0.4, 0.5) is 0 Å². The number of aliphatic hydroxyl groups is 1. The van der Waals surface area contributed by atoms with Gasteiger partial charge in [0.1, 0.15) is 19.3 Å². The largest absolute Gasteiger partial charge is 0.472 e. The third-order valence-electron chi connectivity index (χ3n) is 17.2. The van der Waals surface area contributed by atoms with Crippen molar-refractivity contribution in [3.63, 3.8) is 0 Å². The summed E-state index contributed by atoms with van der Waals surface area (Å²) >= 11 is 0. The van der Waals surface area contributed by atoms with Gasteiger partial charge in [-0.3, -0.25) is 37.3 Å². The standard InChI is InChI=1S/C73H142O17P2/c1-9-66(8)52-44-36-27-20-16-12-10-11-13-17-21-29-39-47-55-72(77)90-69(60-84-71(76)54-46-38-32-31-35-43-51-65(6)7)62-88-92(81,82)86-58-67(74)57-85-91(79,80)87-61-68(59-83-70(75)53-45-37-28-24-23-26-34-42-50-64(4)5)89-73(78)56-48-40-30-22-18-14-15-19-25-33-41-49-63(2)3/h63-69,74H,9-62H2,1-8H3,(H,79,80)(H,81,82)/t66?,67-,68-,69-/m1/s1. The number of carbonyl (C=O) groups is 4. The van der Waals surface area contributed by atoms with Crippen molar-refractivity contribution in [3.05, 3.63) is 0 Å². The summed E-state index contributed by atoms with van der Waals surface area (Å²) in [5.41, 5.74) is 0. The van der Waals surface area contributed by atoms with Gasteiger partial charge in [-0.15, -0.1) is 0 Å². The maximum absolute atomic E-state index is 13.0. The molecule has 0 amide bonds. The molecule has 546 valence electrons. The zero-order valence-electron chi connectivity index (χ0n) is 60.2. The highest BCUT2D eigenvalue weighted by molar-refractivity contribution is 7.47. The van der Waals surface area contributed by atoms with Crippen LogP contribution in [0.5, 0.6) is 0 Å². The number of esters is 4. The summed E-state index contributed by atoms with van der Waals surface area (Å²) in [6.07, 6.45) is 45.9. The molecular weight excluding hydrogens is 1210 g/mol. The van der Waals surface area contributed by atoms with Crippen molar-refractivity contribution in [2.24, 2.45) is 23.7 Å². The van der Waals surface area contributed by atoms with Crippen LogP contribution in [0.25, 0.3) is 0 Å². The summed E-state index contributed by atoms with van der Waals surface area (Å²) in [6, 6.07) is 0. The molecule has 0 saturated carbocycles. The minimum Gasteiger partial charge on any atom is -0.462 e. The number of aliphatic hydroxyl groups excluding tert-OH is 1. The predicted molar refractivity (Wildman–Crippen MR) is 372 cm³/mol. The van der Waals surface area contributed by atoms with Crippen molar-refractivity contribution in [1.82, 2.24) is 0 Å². The zero-order chi connectivity index (χ0) is 68.2. The Labute approximate surface area is 562 Å². The number of phosphoric acid groups is 2. The zero-order valence-corrected chi connectivity index (χ0v) is 62.0. The highest BCUT2D eigenvalue weighted by Crippen LogP contribution is 2.45. The van der Waals surface area contributed by atoms with Crippen molar-refractivity contribution in [2.45, 2.75) is 382 Å². The molecule has 0 aliphatic rings. The molecular formula is C73H142O17P2. The van der Waals surface area contributed by atoms with Gasteiger partial charge in [0.15, 0.2) is 12.2 Å². The lowest BCUT2D eigenvalue weighted by Gasteiger charge is -2.21. The molecule has 6 atom stereocenters. The Morgan fingerprint density at radius 3 is 0.772 bits per heavy atom. The quantitative estimate of drug-likeness (QED) is 0.0222. The minimum atomic E-state index is -4.95. The summed E-state index contributed by atoms with van der Waals surface area (Å²) in [4.78, 5) is 72.6. The van der Waals surface area contributed by atoms with Crippen LogP contribution in [0.3, 0.4) is 0 Å². The molecule has 17 nitrogen and oxygen atoms in total. The molecule has 0 aromatic rings. The normalized spacial score (nSPS) is 14.5. The van der Waals surface area contributed by atoms with E-state index in [2.05, 4.69) is 55.4 Å². The summed E-state index contributed by atoms with van der Waals surface area (Å²) in [5.74, 6) is 0.889. The fourth-order valence-electron chi connectivity index (χ4n) is 11.0. The van der Waals surface area contributed by atoms with Crippen LogP contribution in [0, 0.1) is 23.7 Å². The smallest absolute Gasteiger partial charge is 0.462 e. The summed E-state index contributed by atoms with van der Waals surface area (Å²) in [7, 11) is -9.91. The van der Waals surface area contributed by atoms with Crippen molar-refractivity contribution in [1.29, 1.82) is 0 Å². The first-order valence-electron chi connectivity index (χ1n) is 37.7. The van der Waals surface area contributed by atoms with E-state index in [4.69, 9.17) is 37.0 Å². The van der Waals surface area contributed by atoms with Gasteiger partial charge in [-0.1, -0.05) is 312 Å². The van der Waals surface area contributed by atoms with E-state index in [1.807, 2.05) is 0 Å². The number of carbonyl (C=O) groups excluding carboxylic acids is 4. The van der Waals surface area contributed by atoms with E-state index < -0.39 is 97.5 Å². The molecule has 92 heavy (non-hydrogen) atoms. The molecule has 19 heteroatoms. The lowest BCUT2D eigenvalue weighted by atomic mass is 9.99. The molecule has 0 fully saturated rings. The molecule has 0 saturated heterocycles. The summed E-state index contributed by atoms with van der Waals surface area (Å²) in [5, 5.41) is 10.6. The second-order valence-electron chi connectivity index (χ2n) is 28.0. The second kappa shape index (κ2) is 62.6. The van der Waals surface area contributed by atoms with Gasteiger partial charge in [0.05, 0.1) is 26.4 Å². The Kier molecular flexibility index (Phi) is 61.3. The molecule has 3 unspecified atom stereocenters. The van der Waals surface area contributed by atoms with Crippen LogP contribution in [-0.4, -0.2) is 96.7 Å². The van der Waals surface area contributed by atoms with Crippen molar-refractivity contribution < 1.29 is 80.2 Å². The number of unbranched alkanes of at least 4 members (excludes halogenated alkanes) is 35. The molecule has 0 aromatic carbocycles. The average molecular weight is 1350 g/mol. The Bertz CT molecular complexity index is 1820.